The molecule has 2 aromatic carbocycles. The summed E-state index contributed by atoms with van der Waals surface area (Å²) >= 11 is 0. The molecule has 2 unspecified atom stereocenters. The Morgan fingerprint density at radius 2 is 1.86 bits per heavy atom. The molecule has 0 aromatic heterocycles. The molecule has 1 aliphatic carbocycles. The SMILES string of the molecule is COc1ccc(OCc2ccccc2)c(C2CC2N)c1.Cl. The maximum atomic E-state index is 5.97. The summed E-state index contributed by atoms with van der Waals surface area (Å²) in [6.07, 6.45) is 1.02. The van der Waals surface area contributed by atoms with E-state index in [9.17, 15) is 0 Å². The standard InChI is InChI=1S/C17H19NO2.ClH/c1-19-13-7-8-17(15(9-13)14-10-16(14)18)20-11-12-5-3-2-4-6-12;/h2-9,14,16H,10-11,18H2,1H3;1H. The summed E-state index contributed by atoms with van der Waals surface area (Å²) < 4.78 is 11.3. The predicted octanol–water partition coefficient (Wildman–Crippen LogP) is 3.51. The van der Waals surface area contributed by atoms with Crippen LogP contribution in [-0.2, 0) is 6.61 Å². The summed E-state index contributed by atoms with van der Waals surface area (Å²) in [7, 11) is 1.68. The molecule has 112 valence electrons. The van der Waals surface area contributed by atoms with E-state index in [4.69, 9.17) is 15.2 Å². The van der Waals surface area contributed by atoms with Crippen LogP contribution in [0.1, 0.15) is 23.5 Å². The minimum Gasteiger partial charge on any atom is -0.497 e. The lowest BCUT2D eigenvalue weighted by atomic mass is 10.1. The summed E-state index contributed by atoms with van der Waals surface area (Å²) in [5.41, 5.74) is 8.29. The number of hydrogen-bond donors (Lipinski definition) is 1. The molecule has 4 heteroatoms. The highest BCUT2D eigenvalue weighted by atomic mass is 35.5. The topological polar surface area (TPSA) is 44.5 Å². The maximum absolute atomic E-state index is 5.97. The Labute approximate surface area is 131 Å². The minimum absolute atomic E-state index is 0. The Bertz CT molecular complexity index is 589. The molecule has 0 saturated heterocycles. The van der Waals surface area contributed by atoms with Crippen molar-refractivity contribution in [1.29, 1.82) is 0 Å². The zero-order valence-corrected chi connectivity index (χ0v) is 12.8. The smallest absolute Gasteiger partial charge is 0.123 e. The van der Waals surface area contributed by atoms with Gasteiger partial charge < -0.3 is 15.2 Å². The molecule has 21 heavy (non-hydrogen) atoms. The van der Waals surface area contributed by atoms with Crippen molar-refractivity contribution >= 4 is 12.4 Å². The lowest BCUT2D eigenvalue weighted by Gasteiger charge is -2.13. The Morgan fingerprint density at radius 1 is 1.14 bits per heavy atom. The van der Waals surface area contributed by atoms with Crippen LogP contribution in [0.2, 0.25) is 0 Å². The van der Waals surface area contributed by atoms with Gasteiger partial charge in [0, 0.05) is 17.5 Å². The predicted molar refractivity (Wildman–Crippen MR) is 86.3 cm³/mol. The average Bonchev–Trinajstić information content (AvgIpc) is 3.23. The highest BCUT2D eigenvalue weighted by molar-refractivity contribution is 5.85. The number of methoxy groups -OCH3 is 1. The molecule has 0 bridgehead atoms. The highest BCUT2D eigenvalue weighted by Gasteiger charge is 2.37. The average molecular weight is 306 g/mol. The van der Waals surface area contributed by atoms with Gasteiger partial charge in [0.05, 0.1) is 7.11 Å². The fourth-order valence-electron chi connectivity index (χ4n) is 2.38. The third kappa shape index (κ3) is 3.69. The van der Waals surface area contributed by atoms with Gasteiger partial charge in [0.15, 0.2) is 0 Å². The van der Waals surface area contributed by atoms with Crippen molar-refractivity contribution in [3.8, 4) is 11.5 Å². The van der Waals surface area contributed by atoms with Crippen molar-refractivity contribution in [3.63, 3.8) is 0 Å². The first-order chi connectivity index (χ1) is 9.78. The van der Waals surface area contributed by atoms with Gasteiger partial charge in [0.25, 0.3) is 0 Å². The lowest BCUT2D eigenvalue weighted by molar-refractivity contribution is 0.302. The van der Waals surface area contributed by atoms with Crippen LogP contribution in [0.4, 0.5) is 0 Å². The van der Waals surface area contributed by atoms with E-state index < -0.39 is 0 Å². The third-order valence-corrected chi connectivity index (χ3v) is 3.69. The molecule has 3 rings (SSSR count). The molecule has 0 aliphatic heterocycles. The number of ether oxygens (including phenoxy) is 2. The van der Waals surface area contributed by atoms with Gasteiger partial charge in [-0.2, -0.15) is 0 Å². The van der Waals surface area contributed by atoms with E-state index in [1.54, 1.807) is 7.11 Å². The fraction of sp³-hybridized carbons (Fsp3) is 0.294. The molecule has 0 spiro atoms. The van der Waals surface area contributed by atoms with Crippen LogP contribution in [0.5, 0.6) is 11.5 Å². The number of hydrogen-bond acceptors (Lipinski definition) is 3. The first kappa shape index (κ1) is 15.7. The lowest BCUT2D eigenvalue weighted by Crippen LogP contribution is -2.04. The van der Waals surface area contributed by atoms with E-state index in [-0.39, 0.29) is 18.4 Å². The van der Waals surface area contributed by atoms with Crippen LogP contribution < -0.4 is 15.2 Å². The van der Waals surface area contributed by atoms with Gasteiger partial charge in [-0.15, -0.1) is 12.4 Å². The molecular formula is C17H20ClNO2. The van der Waals surface area contributed by atoms with E-state index in [0.29, 0.717) is 12.5 Å². The number of nitrogens with two attached hydrogens (primary N) is 1. The quantitative estimate of drug-likeness (QED) is 0.919. The fourth-order valence-corrected chi connectivity index (χ4v) is 2.38. The second kappa shape index (κ2) is 6.83. The van der Waals surface area contributed by atoms with Crippen molar-refractivity contribution in [3.05, 3.63) is 59.7 Å². The molecule has 1 aliphatic rings. The molecule has 2 aromatic rings. The molecular weight excluding hydrogens is 286 g/mol. The van der Waals surface area contributed by atoms with Crippen molar-refractivity contribution < 1.29 is 9.47 Å². The van der Waals surface area contributed by atoms with E-state index in [2.05, 4.69) is 12.1 Å². The second-order valence-corrected chi connectivity index (χ2v) is 5.18. The van der Waals surface area contributed by atoms with Gasteiger partial charge in [-0.25, -0.2) is 0 Å². The van der Waals surface area contributed by atoms with Crippen LogP contribution in [0.3, 0.4) is 0 Å². The monoisotopic (exact) mass is 305 g/mol. The molecule has 3 nitrogen and oxygen atoms in total. The largest absolute Gasteiger partial charge is 0.497 e. The van der Waals surface area contributed by atoms with Crippen LogP contribution in [0.25, 0.3) is 0 Å². The summed E-state index contributed by atoms with van der Waals surface area (Å²) in [4.78, 5) is 0. The number of halogens is 1. The molecule has 2 atom stereocenters. The van der Waals surface area contributed by atoms with Gasteiger partial charge in [-0.1, -0.05) is 30.3 Å². The summed E-state index contributed by atoms with van der Waals surface area (Å²) in [6, 6.07) is 16.4. The zero-order chi connectivity index (χ0) is 13.9. The summed E-state index contributed by atoms with van der Waals surface area (Å²) in [6.45, 7) is 0.572. The molecule has 0 radical (unpaired) electrons. The second-order valence-electron chi connectivity index (χ2n) is 5.18. The minimum atomic E-state index is 0. The van der Waals surface area contributed by atoms with Crippen molar-refractivity contribution in [2.24, 2.45) is 5.73 Å². The van der Waals surface area contributed by atoms with Gasteiger partial charge in [-0.05, 0) is 30.2 Å². The van der Waals surface area contributed by atoms with E-state index in [1.807, 2.05) is 36.4 Å². The van der Waals surface area contributed by atoms with Gasteiger partial charge >= 0.3 is 0 Å². The number of benzene rings is 2. The van der Waals surface area contributed by atoms with Gasteiger partial charge in [-0.3, -0.25) is 0 Å². The van der Waals surface area contributed by atoms with Crippen LogP contribution in [-0.4, -0.2) is 13.2 Å². The molecule has 1 fully saturated rings. The summed E-state index contributed by atoms with van der Waals surface area (Å²) in [5, 5.41) is 0. The maximum Gasteiger partial charge on any atom is 0.123 e. The van der Waals surface area contributed by atoms with E-state index in [1.165, 1.54) is 0 Å². The molecule has 2 N–H and O–H groups in total. The Kier molecular flexibility index (Phi) is 5.10. The van der Waals surface area contributed by atoms with Crippen LogP contribution in [0, 0.1) is 0 Å². The van der Waals surface area contributed by atoms with E-state index in [0.717, 1.165) is 29.0 Å². The van der Waals surface area contributed by atoms with E-state index >= 15 is 0 Å². The normalized spacial score (nSPS) is 19.5. The van der Waals surface area contributed by atoms with Gasteiger partial charge in [0.2, 0.25) is 0 Å². The Hall–Kier alpha value is -1.71. The van der Waals surface area contributed by atoms with Gasteiger partial charge in [0.1, 0.15) is 18.1 Å². The Morgan fingerprint density at radius 3 is 2.48 bits per heavy atom. The van der Waals surface area contributed by atoms with Crippen molar-refractivity contribution in [2.75, 3.05) is 7.11 Å². The van der Waals surface area contributed by atoms with Crippen molar-refractivity contribution in [1.82, 2.24) is 0 Å². The summed E-state index contributed by atoms with van der Waals surface area (Å²) in [5.74, 6) is 2.16. The van der Waals surface area contributed by atoms with Crippen molar-refractivity contribution in [2.45, 2.75) is 25.0 Å². The van der Waals surface area contributed by atoms with Crippen LogP contribution in [0.15, 0.2) is 48.5 Å². The first-order valence-electron chi connectivity index (χ1n) is 6.88. The third-order valence-electron chi connectivity index (χ3n) is 3.69. The number of rotatable bonds is 5. The first-order valence-corrected chi connectivity index (χ1v) is 6.88. The zero-order valence-electron chi connectivity index (χ0n) is 12.0. The molecule has 0 heterocycles. The Balaban J connectivity index is 0.00000161. The van der Waals surface area contributed by atoms with Crippen LogP contribution >= 0.6 is 12.4 Å². The molecule has 1 saturated carbocycles. The molecule has 0 amide bonds. The highest BCUT2D eigenvalue weighted by Crippen LogP contribution is 2.44.